The summed E-state index contributed by atoms with van der Waals surface area (Å²) in [6, 6.07) is 4.41. The fourth-order valence-electron chi connectivity index (χ4n) is 5.06. The summed E-state index contributed by atoms with van der Waals surface area (Å²) >= 11 is 1.84. The molecule has 0 bridgehead atoms. The van der Waals surface area contributed by atoms with E-state index in [4.69, 9.17) is 4.43 Å². The summed E-state index contributed by atoms with van der Waals surface area (Å²) in [5, 5.41) is 2.18. The van der Waals surface area contributed by atoms with Crippen molar-refractivity contribution in [3.63, 3.8) is 0 Å². The van der Waals surface area contributed by atoms with E-state index in [0.29, 0.717) is 22.5 Å². The van der Waals surface area contributed by atoms with Gasteiger partial charge < -0.3 is 4.43 Å². The van der Waals surface area contributed by atoms with Gasteiger partial charge in [-0.3, -0.25) is 0 Å². The van der Waals surface area contributed by atoms with Crippen LogP contribution in [0.5, 0.6) is 0 Å². The molecule has 1 atom stereocenters. The van der Waals surface area contributed by atoms with Crippen LogP contribution < -0.4 is 0 Å². The predicted molar refractivity (Wildman–Crippen MR) is 115 cm³/mol. The molecule has 0 aromatic carbocycles. The van der Waals surface area contributed by atoms with Gasteiger partial charge in [0.1, 0.15) is 6.10 Å². The SMILES string of the molecule is C=C(C1CCCCC1)C(O[Si](C(C)C)(C(C)C)C(C)C)c1cccs1. The van der Waals surface area contributed by atoms with Gasteiger partial charge in [0.25, 0.3) is 0 Å². The van der Waals surface area contributed by atoms with Crippen molar-refractivity contribution in [3.8, 4) is 0 Å². The zero-order valence-electron chi connectivity index (χ0n) is 17.2. The highest BCUT2D eigenvalue weighted by Gasteiger charge is 2.47. The predicted octanol–water partition coefficient (Wildman–Crippen LogP) is 8.12. The maximum Gasteiger partial charge on any atom is 0.201 e. The summed E-state index contributed by atoms with van der Waals surface area (Å²) in [7, 11) is -1.93. The third kappa shape index (κ3) is 4.48. The van der Waals surface area contributed by atoms with Crippen LogP contribution in [-0.4, -0.2) is 8.32 Å². The van der Waals surface area contributed by atoms with Crippen LogP contribution in [0.15, 0.2) is 29.7 Å². The minimum Gasteiger partial charge on any atom is -0.405 e. The fourth-order valence-corrected chi connectivity index (χ4v) is 11.4. The van der Waals surface area contributed by atoms with Gasteiger partial charge in [-0.05, 0) is 52.4 Å². The Morgan fingerprint density at radius 2 is 1.60 bits per heavy atom. The maximum atomic E-state index is 7.23. The van der Waals surface area contributed by atoms with Crippen molar-refractivity contribution in [3.05, 3.63) is 34.5 Å². The number of hydrogen-bond acceptors (Lipinski definition) is 2. The first kappa shape index (κ1) is 20.9. The average Bonchev–Trinajstić information content (AvgIpc) is 3.09. The Labute approximate surface area is 161 Å². The molecule has 1 unspecified atom stereocenters. The maximum absolute atomic E-state index is 7.23. The highest BCUT2D eigenvalue weighted by atomic mass is 32.1. The zero-order chi connectivity index (χ0) is 18.6. The summed E-state index contributed by atoms with van der Waals surface area (Å²) in [5.41, 5.74) is 3.17. The molecule has 1 aromatic rings. The first-order valence-corrected chi connectivity index (χ1v) is 13.2. The molecule has 3 heteroatoms. The lowest BCUT2D eigenvalue weighted by Crippen LogP contribution is -2.49. The van der Waals surface area contributed by atoms with Crippen molar-refractivity contribution in [1.29, 1.82) is 0 Å². The molecule has 1 aliphatic carbocycles. The van der Waals surface area contributed by atoms with Crippen LogP contribution in [0.1, 0.15) is 84.6 Å². The van der Waals surface area contributed by atoms with E-state index in [1.54, 1.807) is 0 Å². The Morgan fingerprint density at radius 1 is 1.04 bits per heavy atom. The van der Waals surface area contributed by atoms with E-state index >= 15 is 0 Å². The molecule has 0 N–H and O–H groups in total. The van der Waals surface area contributed by atoms with Gasteiger partial charge in [0, 0.05) is 4.88 Å². The Balaban J connectivity index is 2.36. The van der Waals surface area contributed by atoms with E-state index in [2.05, 4.69) is 65.6 Å². The molecule has 25 heavy (non-hydrogen) atoms. The standard InChI is InChI=1S/C22H38OSSi/c1-16(2)25(17(3)4,18(5)6)23-22(21-14-11-15-24-21)19(7)20-12-9-8-10-13-20/h11,14-18,20,22H,7-10,12-13H2,1-6H3. The van der Waals surface area contributed by atoms with Gasteiger partial charge in [0.05, 0.1) is 0 Å². The first-order chi connectivity index (χ1) is 11.8. The highest BCUT2D eigenvalue weighted by Crippen LogP contribution is 2.48. The van der Waals surface area contributed by atoms with Crippen molar-refractivity contribution in [1.82, 2.24) is 0 Å². The molecule has 0 saturated heterocycles. The van der Waals surface area contributed by atoms with Crippen LogP contribution in [0.2, 0.25) is 16.6 Å². The van der Waals surface area contributed by atoms with Crippen LogP contribution >= 0.6 is 11.3 Å². The Kier molecular flexibility index (Phi) is 7.54. The van der Waals surface area contributed by atoms with E-state index in [0.717, 1.165) is 0 Å². The molecule has 0 radical (unpaired) electrons. The number of thiophene rings is 1. The summed E-state index contributed by atoms with van der Waals surface area (Å²) in [6.07, 6.45) is 6.77. The molecule has 0 spiro atoms. The van der Waals surface area contributed by atoms with Gasteiger partial charge in [-0.15, -0.1) is 11.3 Å². The highest BCUT2D eigenvalue weighted by molar-refractivity contribution is 7.10. The Bertz CT molecular complexity index is 504. The van der Waals surface area contributed by atoms with E-state index in [9.17, 15) is 0 Å². The Hall–Kier alpha value is -0.383. The van der Waals surface area contributed by atoms with Crippen LogP contribution in [-0.2, 0) is 4.43 Å². The van der Waals surface area contributed by atoms with E-state index < -0.39 is 8.32 Å². The molecule has 2 rings (SSSR count). The monoisotopic (exact) mass is 378 g/mol. The molecule has 1 saturated carbocycles. The molecule has 0 aliphatic heterocycles. The largest absolute Gasteiger partial charge is 0.405 e. The molecule has 1 heterocycles. The van der Waals surface area contributed by atoms with E-state index in [-0.39, 0.29) is 6.10 Å². The van der Waals surface area contributed by atoms with Crippen LogP contribution in [0.3, 0.4) is 0 Å². The quantitative estimate of drug-likeness (QED) is 0.328. The molecule has 142 valence electrons. The Morgan fingerprint density at radius 3 is 2.04 bits per heavy atom. The number of hydrogen-bond donors (Lipinski definition) is 0. The molecular formula is C22H38OSSi. The minimum atomic E-state index is -1.93. The van der Waals surface area contributed by atoms with Gasteiger partial charge in [0.2, 0.25) is 8.32 Å². The van der Waals surface area contributed by atoms with E-state index in [1.165, 1.54) is 42.6 Å². The smallest absolute Gasteiger partial charge is 0.201 e. The summed E-state index contributed by atoms with van der Waals surface area (Å²) in [5.74, 6) is 0.638. The second-order valence-electron chi connectivity index (χ2n) is 8.74. The second kappa shape index (κ2) is 9.01. The average molecular weight is 379 g/mol. The molecule has 1 fully saturated rings. The molecule has 1 nitrogen and oxygen atoms in total. The third-order valence-electron chi connectivity index (χ3n) is 6.30. The first-order valence-electron chi connectivity index (χ1n) is 10.2. The minimum absolute atomic E-state index is 0.0990. The lowest BCUT2D eigenvalue weighted by atomic mass is 9.82. The van der Waals surface area contributed by atoms with Crippen molar-refractivity contribution in [2.24, 2.45) is 5.92 Å². The lowest BCUT2D eigenvalue weighted by Gasteiger charge is -2.45. The molecule has 1 aliphatic rings. The van der Waals surface area contributed by atoms with Crippen molar-refractivity contribution < 1.29 is 4.43 Å². The van der Waals surface area contributed by atoms with Crippen molar-refractivity contribution in [2.75, 3.05) is 0 Å². The topological polar surface area (TPSA) is 9.23 Å². The van der Waals surface area contributed by atoms with Crippen LogP contribution in [0.4, 0.5) is 0 Å². The van der Waals surface area contributed by atoms with E-state index in [1.807, 2.05) is 11.3 Å². The van der Waals surface area contributed by atoms with Gasteiger partial charge in [-0.1, -0.05) is 73.5 Å². The molecule has 0 amide bonds. The third-order valence-corrected chi connectivity index (χ3v) is 13.3. The fraction of sp³-hybridized carbons (Fsp3) is 0.727. The lowest BCUT2D eigenvalue weighted by molar-refractivity contribution is 0.192. The number of rotatable bonds is 8. The molecule has 1 aromatic heterocycles. The second-order valence-corrected chi connectivity index (χ2v) is 15.1. The van der Waals surface area contributed by atoms with Crippen LogP contribution in [0.25, 0.3) is 0 Å². The van der Waals surface area contributed by atoms with Gasteiger partial charge >= 0.3 is 0 Å². The van der Waals surface area contributed by atoms with Crippen molar-refractivity contribution in [2.45, 2.75) is 96.4 Å². The summed E-state index contributed by atoms with van der Waals surface area (Å²) in [6.45, 7) is 18.9. The summed E-state index contributed by atoms with van der Waals surface area (Å²) < 4.78 is 7.23. The van der Waals surface area contributed by atoms with Crippen LogP contribution in [0, 0.1) is 5.92 Å². The normalized spacial score (nSPS) is 18.3. The summed E-state index contributed by atoms with van der Waals surface area (Å²) in [4.78, 5) is 1.36. The zero-order valence-corrected chi connectivity index (χ0v) is 19.0. The van der Waals surface area contributed by atoms with Crippen molar-refractivity contribution >= 4 is 19.7 Å². The van der Waals surface area contributed by atoms with Gasteiger partial charge in [-0.2, -0.15) is 0 Å². The molecular weight excluding hydrogens is 340 g/mol. The van der Waals surface area contributed by atoms with Gasteiger partial charge in [-0.25, -0.2) is 0 Å². The van der Waals surface area contributed by atoms with Gasteiger partial charge in [0.15, 0.2) is 0 Å².